The van der Waals surface area contributed by atoms with Crippen LogP contribution in [0.5, 0.6) is 0 Å². The van der Waals surface area contributed by atoms with E-state index in [1.54, 1.807) is 10.9 Å². The summed E-state index contributed by atoms with van der Waals surface area (Å²) in [6.07, 6.45) is 1.63. The normalized spacial score (nSPS) is 20.6. The molecule has 0 aliphatic carbocycles. The van der Waals surface area contributed by atoms with Gasteiger partial charge in [-0.2, -0.15) is 5.10 Å². The first kappa shape index (κ1) is 12.1. The Labute approximate surface area is 101 Å². The number of hydrogen-bond acceptors (Lipinski definition) is 4. The van der Waals surface area contributed by atoms with E-state index in [1.807, 2.05) is 18.9 Å². The van der Waals surface area contributed by atoms with Crippen LogP contribution in [0.3, 0.4) is 0 Å². The van der Waals surface area contributed by atoms with E-state index in [0.717, 1.165) is 18.8 Å². The van der Waals surface area contributed by atoms with E-state index in [0.29, 0.717) is 18.7 Å². The summed E-state index contributed by atoms with van der Waals surface area (Å²) in [7, 11) is 1.84. The predicted octanol–water partition coefficient (Wildman–Crippen LogP) is -0.899. The molecule has 17 heavy (non-hydrogen) atoms. The minimum Gasteiger partial charge on any atom is -0.332 e. The van der Waals surface area contributed by atoms with Gasteiger partial charge in [0, 0.05) is 38.9 Å². The fourth-order valence-corrected chi connectivity index (χ4v) is 2.10. The summed E-state index contributed by atoms with van der Waals surface area (Å²) in [4.78, 5) is 14.2. The summed E-state index contributed by atoms with van der Waals surface area (Å²) in [5.41, 5.74) is 7.26. The molecule has 0 saturated carbocycles. The van der Waals surface area contributed by atoms with Gasteiger partial charge in [0.1, 0.15) is 0 Å². The first-order valence-electron chi connectivity index (χ1n) is 5.85. The van der Waals surface area contributed by atoms with Crippen molar-refractivity contribution in [3.05, 3.63) is 17.5 Å². The first-order valence-corrected chi connectivity index (χ1v) is 5.85. The summed E-state index contributed by atoms with van der Waals surface area (Å²) in [6.45, 7) is 4.68. The third-order valence-electron chi connectivity index (χ3n) is 3.35. The summed E-state index contributed by atoms with van der Waals surface area (Å²) in [5, 5.41) is 7.35. The number of carbonyl (C=O) groups is 1. The Morgan fingerprint density at radius 2 is 2.47 bits per heavy atom. The summed E-state index contributed by atoms with van der Waals surface area (Å²) >= 11 is 0. The van der Waals surface area contributed by atoms with E-state index in [4.69, 9.17) is 5.73 Å². The number of hydrogen-bond donors (Lipinski definition) is 2. The average Bonchev–Trinajstić information content (AvgIpc) is 2.69. The monoisotopic (exact) mass is 237 g/mol. The van der Waals surface area contributed by atoms with Gasteiger partial charge in [0.25, 0.3) is 5.91 Å². The molecule has 3 N–H and O–H groups in total. The maximum absolute atomic E-state index is 12.4. The number of nitrogens with zero attached hydrogens (tertiary/aromatic N) is 3. The Bertz CT molecular complexity index is 414. The summed E-state index contributed by atoms with van der Waals surface area (Å²) in [6, 6.07) is 0.0795. The van der Waals surface area contributed by atoms with Gasteiger partial charge >= 0.3 is 0 Å². The van der Waals surface area contributed by atoms with Crippen molar-refractivity contribution in [3.8, 4) is 0 Å². The fourth-order valence-electron chi connectivity index (χ4n) is 2.10. The molecule has 6 nitrogen and oxygen atoms in total. The highest BCUT2D eigenvalue weighted by Crippen LogP contribution is 2.13. The summed E-state index contributed by atoms with van der Waals surface area (Å²) in [5.74, 6) is 0.0348. The van der Waals surface area contributed by atoms with E-state index >= 15 is 0 Å². The second-order valence-corrected chi connectivity index (χ2v) is 4.36. The number of nitrogens with two attached hydrogens (primary N) is 1. The largest absolute Gasteiger partial charge is 0.332 e. The van der Waals surface area contributed by atoms with Crippen molar-refractivity contribution in [2.75, 3.05) is 26.2 Å². The van der Waals surface area contributed by atoms with Gasteiger partial charge in [-0.1, -0.05) is 0 Å². The van der Waals surface area contributed by atoms with E-state index in [2.05, 4.69) is 10.4 Å². The predicted molar refractivity (Wildman–Crippen MR) is 64.7 cm³/mol. The second-order valence-electron chi connectivity index (χ2n) is 4.36. The zero-order chi connectivity index (χ0) is 12.4. The van der Waals surface area contributed by atoms with Crippen molar-refractivity contribution >= 4 is 5.91 Å². The van der Waals surface area contributed by atoms with Crippen molar-refractivity contribution in [1.82, 2.24) is 20.0 Å². The first-order chi connectivity index (χ1) is 8.15. The third kappa shape index (κ3) is 2.18. The molecule has 1 atom stereocenters. The Hall–Kier alpha value is -1.40. The molecule has 6 heteroatoms. The van der Waals surface area contributed by atoms with Gasteiger partial charge in [-0.3, -0.25) is 9.48 Å². The standard InChI is InChI=1S/C11H19N5O/c1-8-10(7-14-15(8)2)11(17)16-4-3-13-6-9(16)5-12/h7,9,13H,3-6,12H2,1-2H3. The molecule has 1 aromatic heterocycles. The number of aryl methyl sites for hydroxylation is 1. The van der Waals surface area contributed by atoms with Crippen molar-refractivity contribution in [2.24, 2.45) is 12.8 Å². The van der Waals surface area contributed by atoms with Crippen LogP contribution in [0.2, 0.25) is 0 Å². The van der Waals surface area contributed by atoms with Crippen LogP contribution in [-0.4, -0.2) is 52.8 Å². The molecule has 1 aromatic rings. The van der Waals surface area contributed by atoms with Crippen LogP contribution in [0.1, 0.15) is 16.1 Å². The topological polar surface area (TPSA) is 76.2 Å². The lowest BCUT2D eigenvalue weighted by Crippen LogP contribution is -2.56. The Balaban J connectivity index is 2.21. The molecule has 0 bridgehead atoms. The van der Waals surface area contributed by atoms with Gasteiger partial charge in [-0.05, 0) is 6.92 Å². The van der Waals surface area contributed by atoms with Crippen LogP contribution < -0.4 is 11.1 Å². The fraction of sp³-hybridized carbons (Fsp3) is 0.636. The van der Waals surface area contributed by atoms with Crippen molar-refractivity contribution in [2.45, 2.75) is 13.0 Å². The zero-order valence-corrected chi connectivity index (χ0v) is 10.3. The molecule has 94 valence electrons. The molecule has 0 radical (unpaired) electrons. The zero-order valence-electron chi connectivity index (χ0n) is 10.3. The van der Waals surface area contributed by atoms with Crippen molar-refractivity contribution in [1.29, 1.82) is 0 Å². The average molecular weight is 237 g/mol. The van der Waals surface area contributed by atoms with Gasteiger partial charge in [0.15, 0.2) is 0 Å². The highest BCUT2D eigenvalue weighted by Gasteiger charge is 2.28. The summed E-state index contributed by atoms with van der Waals surface area (Å²) < 4.78 is 1.72. The Kier molecular flexibility index (Phi) is 3.44. The van der Waals surface area contributed by atoms with E-state index in [9.17, 15) is 4.79 Å². The molecule has 0 aromatic carbocycles. The second kappa shape index (κ2) is 4.85. The van der Waals surface area contributed by atoms with E-state index < -0.39 is 0 Å². The smallest absolute Gasteiger partial charge is 0.257 e. The third-order valence-corrected chi connectivity index (χ3v) is 3.35. The number of rotatable bonds is 2. The molecule has 1 unspecified atom stereocenters. The minimum absolute atomic E-state index is 0.0348. The molecule has 2 rings (SSSR count). The highest BCUT2D eigenvalue weighted by atomic mass is 16.2. The van der Waals surface area contributed by atoms with Crippen LogP contribution in [0.15, 0.2) is 6.20 Å². The van der Waals surface area contributed by atoms with Gasteiger partial charge in [0.05, 0.1) is 17.8 Å². The number of nitrogens with one attached hydrogen (secondary N) is 1. The maximum atomic E-state index is 12.4. The number of aromatic nitrogens is 2. The Morgan fingerprint density at radius 3 is 3.06 bits per heavy atom. The van der Waals surface area contributed by atoms with Crippen LogP contribution in [0.4, 0.5) is 0 Å². The quantitative estimate of drug-likeness (QED) is 0.699. The van der Waals surface area contributed by atoms with Crippen LogP contribution in [0, 0.1) is 6.92 Å². The lowest BCUT2D eigenvalue weighted by Gasteiger charge is -2.35. The molecule has 1 fully saturated rings. The highest BCUT2D eigenvalue weighted by molar-refractivity contribution is 5.95. The molecule has 1 aliphatic heterocycles. The van der Waals surface area contributed by atoms with Crippen molar-refractivity contribution in [3.63, 3.8) is 0 Å². The Morgan fingerprint density at radius 1 is 1.71 bits per heavy atom. The van der Waals surface area contributed by atoms with Gasteiger partial charge in [-0.25, -0.2) is 0 Å². The molecule has 1 aliphatic rings. The molecule has 2 heterocycles. The van der Waals surface area contributed by atoms with E-state index in [-0.39, 0.29) is 11.9 Å². The van der Waals surface area contributed by atoms with Crippen LogP contribution >= 0.6 is 0 Å². The molecule has 0 spiro atoms. The maximum Gasteiger partial charge on any atom is 0.257 e. The van der Waals surface area contributed by atoms with Gasteiger partial charge in [0.2, 0.25) is 0 Å². The molecule has 1 amide bonds. The van der Waals surface area contributed by atoms with Crippen LogP contribution in [0.25, 0.3) is 0 Å². The molecular formula is C11H19N5O. The molecule has 1 saturated heterocycles. The lowest BCUT2D eigenvalue weighted by molar-refractivity contribution is 0.0644. The van der Waals surface area contributed by atoms with Gasteiger partial charge < -0.3 is 16.0 Å². The number of carbonyl (C=O) groups excluding carboxylic acids is 1. The minimum atomic E-state index is 0.0348. The van der Waals surface area contributed by atoms with Crippen molar-refractivity contribution < 1.29 is 4.79 Å². The molecular weight excluding hydrogens is 218 g/mol. The SMILES string of the molecule is Cc1c(C(=O)N2CCNCC2CN)cnn1C. The number of amides is 1. The van der Waals surface area contributed by atoms with Crippen LogP contribution in [-0.2, 0) is 7.05 Å². The van der Waals surface area contributed by atoms with E-state index in [1.165, 1.54) is 0 Å². The lowest BCUT2D eigenvalue weighted by atomic mass is 10.1. The number of piperazine rings is 1. The van der Waals surface area contributed by atoms with Gasteiger partial charge in [-0.15, -0.1) is 0 Å².